The first-order chi connectivity index (χ1) is 7.50. The number of phenols is 1. The number of fused-ring (bicyclic) bond motifs is 1. The zero-order valence-electron chi connectivity index (χ0n) is 10.2. The van der Waals surface area contributed by atoms with E-state index in [1.807, 2.05) is 13.8 Å². The largest absolute Gasteiger partial charge is 0.508 e. The van der Waals surface area contributed by atoms with Gasteiger partial charge in [0.25, 0.3) is 0 Å². The minimum absolute atomic E-state index is 0.355. The average molecular weight is 219 g/mol. The van der Waals surface area contributed by atoms with Gasteiger partial charge in [-0.25, -0.2) is 0 Å². The summed E-state index contributed by atoms with van der Waals surface area (Å²) in [5.74, 6) is 0.355. The number of nitrogens with two attached hydrogens (primary N) is 1. The molecule has 1 aliphatic rings. The SMILES string of the molecule is CC(C)(N)c1c(O)ccc2c1CCCCC2. The van der Waals surface area contributed by atoms with Crippen molar-refractivity contribution in [1.82, 2.24) is 0 Å². The Morgan fingerprint density at radius 1 is 1.12 bits per heavy atom. The lowest BCUT2D eigenvalue weighted by Crippen LogP contribution is -2.30. The topological polar surface area (TPSA) is 46.2 Å². The number of hydrogen-bond acceptors (Lipinski definition) is 2. The van der Waals surface area contributed by atoms with Crippen LogP contribution in [0.15, 0.2) is 12.1 Å². The van der Waals surface area contributed by atoms with Gasteiger partial charge in [0.2, 0.25) is 0 Å². The Morgan fingerprint density at radius 3 is 2.50 bits per heavy atom. The number of benzene rings is 1. The van der Waals surface area contributed by atoms with E-state index in [4.69, 9.17) is 5.73 Å². The molecular formula is C14H21NO. The van der Waals surface area contributed by atoms with Crippen molar-refractivity contribution in [2.75, 3.05) is 0 Å². The summed E-state index contributed by atoms with van der Waals surface area (Å²) in [6, 6.07) is 3.86. The number of rotatable bonds is 1. The predicted octanol–water partition coefficient (Wildman–Crippen LogP) is 2.85. The molecule has 0 aromatic heterocycles. The van der Waals surface area contributed by atoms with Crippen LogP contribution in [-0.4, -0.2) is 5.11 Å². The van der Waals surface area contributed by atoms with Gasteiger partial charge in [-0.2, -0.15) is 0 Å². The highest BCUT2D eigenvalue weighted by Crippen LogP contribution is 2.35. The molecule has 16 heavy (non-hydrogen) atoms. The molecular weight excluding hydrogens is 198 g/mol. The Morgan fingerprint density at radius 2 is 1.81 bits per heavy atom. The molecule has 0 bridgehead atoms. The van der Waals surface area contributed by atoms with E-state index in [9.17, 15) is 5.11 Å². The molecule has 0 radical (unpaired) electrons. The Hall–Kier alpha value is -1.02. The summed E-state index contributed by atoms with van der Waals surface area (Å²) in [6.07, 6.45) is 5.92. The second-order valence-corrected chi connectivity index (χ2v) is 5.38. The van der Waals surface area contributed by atoms with Crippen LogP contribution in [0.4, 0.5) is 0 Å². The Kier molecular flexibility index (Phi) is 2.94. The van der Waals surface area contributed by atoms with Crippen LogP contribution in [0, 0.1) is 0 Å². The molecule has 0 aliphatic heterocycles. The lowest BCUT2D eigenvalue weighted by molar-refractivity contribution is 0.437. The van der Waals surface area contributed by atoms with Crippen molar-refractivity contribution in [2.24, 2.45) is 5.73 Å². The lowest BCUT2D eigenvalue weighted by Gasteiger charge is -2.25. The fraction of sp³-hybridized carbons (Fsp3) is 0.571. The molecule has 2 nitrogen and oxygen atoms in total. The van der Waals surface area contributed by atoms with Gasteiger partial charge in [0.1, 0.15) is 5.75 Å². The molecule has 0 saturated carbocycles. The van der Waals surface area contributed by atoms with E-state index in [1.54, 1.807) is 6.07 Å². The molecule has 0 spiro atoms. The maximum atomic E-state index is 10.0. The smallest absolute Gasteiger partial charge is 0.120 e. The first kappa shape index (κ1) is 11.5. The van der Waals surface area contributed by atoms with Crippen LogP contribution in [0.1, 0.15) is 49.8 Å². The third kappa shape index (κ3) is 2.07. The zero-order valence-corrected chi connectivity index (χ0v) is 10.2. The molecule has 0 amide bonds. The van der Waals surface area contributed by atoms with E-state index >= 15 is 0 Å². The zero-order chi connectivity index (χ0) is 11.8. The van der Waals surface area contributed by atoms with Crippen LogP contribution in [-0.2, 0) is 18.4 Å². The normalized spacial score (nSPS) is 16.7. The minimum Gasteiger partial charge on any atom is -0.508 e. The van der Waals surface area contributed by atoms with Gasteiger partial charge in [0.15, 0.2) is 0 Å². The van der Waals surface area contributed by atoms with Gasteiger partial charge in [-0.3, -0.25) is 0 Å². The third-order valence-corrected chi connectivity index (χ3v) is 3.41. The van der Waals surface area contributed by atoms with Crippen molar-refractivity contribution in [1.29, 1.82) is 0 Å². The van der Waals surface area contributed by atoms with Gasteiger partial charge in [0, 0.05) is 11.1 Å². The molecule has 1 aliphatic carbocycles. The standard InChI is InChI=1S/C14H21NO/c1-14(2,15)13-11-7-5-3-4-6-10(11)8-9-12(13)16/h8-9,16H,3-7,15H2,1-2H3. The van der Waals surface area contributed by atoms with Gasteiger partial charge in [-0.15, -0.1) is 0 Å². The molecule has 0 fully saturated rings. The highest BCUT2D eigenvalue weighted by atomic mass is 16.3. The Labute approximate surface area is 97.5 Å². The van der Waals surface area contributed by atoms with Crippen molar-refractivity contribution < 1.29 is 5.11 Å². The highest BCUT2D eigenvalue weighted by Gasteiger charge is 2.24. The van der Waals surface area contributed by atoms with Crippen molar-refractivity contribution in [2.45, 2.75) is 51.5 Å². The monoisotopic (exact) mass is 219 g/mol. The number of hydrogen-bond donors (Lipinski definition) is 2. The first-order valence-corrected chi connectivity index (χ1v) is 6.13. The number of aryl methyl sites for hydroxylation is 1. The predicted molar refractivity (Wildman–Crippen MR) is 66.6 cm³/mol. The molecule has 1 aromatic rings. The van der Waals surface area contributed by atoms with Crippen LogP contribution in [0.2, 0.25) is 0 Å². The molecule has 0 heterocycles. The van der Waals surface area contributed by atoms with E-state index < -0.39 is 5.54 Å². The third-order valence-electron chi connectivity index (χ3n) is 3.41. The fourth-order valence-electron chi connectivity index (χ4n) is 2.71. The summed E-state index contributed by atoms with van der Waals surface area (Å²) in [5.41, 5.74) is 9.34. The number of phenolic OH excluding ortho intramolecular Hbond substituents is 1. The Balaban J connectivity index is 2.58. The van der Waals surface area contributed by atoms with Crippen LogP contribution in [0.5, 0.6) is 5.75 Å². The summed E-state index contributed by atoms with van der Waals surface area (Å²) >= 11 is 0. The fourth-order valence-corrected chi connectivity index (χ4v) is 2.71. The van der Waals surface area contributed by atoms with Crippen molar-refractivity contribution in [3.05, 3.63) is 28.8 Å². The maximum Gasteiger partial charge on any atom is 0.120 e. The molecule has 3 N–H and O–H groups in total. The second kappa shape index (κ2) is 4.10. The van der Waals surface area contributed by atoms with E-state index in [2.05, 4.69) is 6.07 Å². The van der Waals surface area contributed by atoms with E-state index in [0.717, 1.165) is 18.4 Å². The van der Waals surface area contributed by atoms with Crippen molar-refractivity contribution >= 4 is 0 Å². The van der Waals surface area contributed by atoms with Gasteiger partial charge in [-0.1, -0.05) is 12.5 Å². The molecule has 2 rings (SSSR count). The average Bonchev–Trinajstić information content (AvgIpc) is 2.40. The highest BCUT2D eigenvalue weighted by molar-refractivity contribution is 5.48. The van der Waals surface area contributed by atoms with Crippen LogP contribution >= 0.6 is 0 Å². The molecule has 0 atom stereocenters. The molecule has 88 valence electrons. The lowest BCUT2D eigenvalue weighted by atomic mass is 9.85. The van der Waals surface area contributed by atoms with E-state index in [-0.39, 0.29) is 0 Å². The summed E-state index contributed by atoms with van der Waals surface area (Å²) in [7, 11) is 0. The summed E-state index contributed by atoms with van der Waals surface area (Å²) < 4.78 is 0. The van der Waals surface area contributed by atoms with Gasteiger partial charge in [0.05, 0.1) is 0 Å². The van der Waals surface area contributed by atoms with Crippen molar-refractivity contribution in [3.8, 4) is 5.75 Å². The molecule has 1 aromatic carbocycles. The van der Waals surface area contributed by atoms with Crippen molar-refractivity contribution in [3.63, 3.8) is 0 Å². The van der Waals surface area contributed by atoms with E-state index in [0.29, 0.717) is 5.75 Å². The van der Waals surface area contributed by atoms with Crippen LogP contribution < -0.4 is 5.73 Å². The van der Waals surface area contributed by atoms with Crippen LogP contribution in [0.3, 0.4) is 0 Å². The summed E-state index contributed by atoms with van der Waals surface area (Å²) in [4.78, 5) is 0. The first-order valence-electron chi connectivity index (χ1n) is 6.13. The quantitative estimate of drug-likeness (QED) is 0.713. The summed E-state index contributed by atoms with van der Waals surface area (Å²) in [6.45, 7) is 3.93. The van der Waals surface area contributed by atoms with Gasteiger partial charge in [-0.05, 0) is 56.7 Å². The van der Waals surface area contributed by atoms with Crippen LogP contribution in [0.25, 0.3) is 0 Å². The maximum absolute atomic E-state index is 10.0. The Bertz CT molecular complexity index is 390. The number of aromatic hydroxyl groups is 1. The summed E-state index contributed by atoms with van der Waals surface area (Å²) in [5, 5.41) is 10.0. The second-order valence-electron chi connectivity index (χ2n) is 5.38. The van der Waals surface area contributed by atoms with Gasteiger partial charge >= 0.3 is 0 Å². The molecule has 0 unspecified atom stereocenters. The van der Waals surface area contributed by atoms with Gasteiger partial charge < -0.3 is 10.8 Å². The molecule has 2 heteroatoms. The minimum atomic E-state index is -0.459. The van der Waals surface area contributed by atoms with E-state index in [1.165, 1.54) is 30.4 Å². The molecule has 0 saturated heterocycles.